The van der Waals surface area contributed by atoms with Gasteiger partial charge in [-0.3, -0.25) is 0 Å². The van der Waals surface area contributed by atoms with Crippen LogP contribution in [0.15, 0.2) is 0 Å². The van der Waals surface area contributed by atoms with E-state index in [2.05, 4.69) is 0 Å². The van der Waals surface area contributed by atoms with Gasteiger partial charge in [0, 0.05) is 0 Å². The molecule has 11 heteroatoms. The van der Waals surface area contributed by atoms with E-state index in [4.69, 9.17) is 35.7 Å². The first kappa shape index (κ1) is 51.8. The molecule has 10 N–H and O–H groups in total. The SMILES string of the molecule is Cl.O.O.O.O.O.[Cl][Sn]([Cl])([Cl])[Cl]. The second kappa shape index (κ2) is 22.7. The third-order valence-electron chi connectivity index (χ3n) is 0. The van der Waals surface area contributed by atoms with Gasteiger partial charge < -0.3 is 27.4 Å². The number of hydrogen-bond donors (Lipinski definition) is 0. The molecule has 11 heavy (non-hydrogen) atoms. The van der Waals surface area contributed by atoms with Crippen LogP contribution in [-0.4, -0.2) is 41.3 Å². The van der Waals surface area contributed by atoms with E-state index in [0.717, 1.165) is 0 Å². The molecule has 0 fully saturated rings. The molecule has 0 spiro atoms. The van der Waals surface area contributed by atoms with Gasteiger partial charge in [-0.1, -0.05) is 0 Å². The van der Waals surface area contributed by atoms with Crippen molar-refractivity contribution in [1.29, 1.82) is 0 Å². The fourth-order valence-electron chi connectivity index (χ4n) is 0. The number of hydrogen-bond acceptors (Lipinski definition) is 0. The molecule has 80 valence electrons. The molecule has 0 rings (SSSR count). The van der Waals surface area contributed by atoms with E-state index in [-0.39, 0.29) is 39.8 Å². The van der Waals surface area contributed by atoms with Crippen molar-refractivity contribution in [2.75, 3.05) is 0 Å². The summed E-state index contributed by atoms with van der Waals surface area (Å²) in [4.78, 5) is 0. The third-order valence-corrected chi connectivity index (χ3v) is 0. The van der Waals surface area contributed by atoms with Crippen LogP contribution in [0.5, 0.6) is 0 Å². The summed E-state index contributed by atoms with van der Waals surface area (Å²) in [5.41, 5.74) is 0. The van der Waals surface area contributed by atoms with Crippen LogP contribution >= 0.6 is 48.1 Å². The molecule has 0 heterocycles. The van der Waals surface area contributed by atoms with Crippen molar-refractivity contribution in [3.8, 4) is 0 Å². The maximum atomic E-state index is 5.04. The molecule has 0 aliphatic carbocycles. The summed E-state index contributed by atoms with van der Waals surface area (Å²) < 4.78 is 0. The van der Waals surface area contributed by atoms with E-state index in [1.165, 1.54) is 0 Å². The summed E-state index contributed by atoms with van der Waals surface area (Å²) in [6.07, 6.45) is 0. The van der Waals surface area contributed by atoms with E-state index >= 15 is 0 Å². The minimum absolute atomic E-state index is 0. The zero-order valence-corrected chi connectivity index (χ0v) is 11.6. The van der Waals surface area contributed by atoms with Crippen molar-refractivity contribution in [2.45, 2.75) is 0 Å². The topological polar surface area (TPSA) is 158 Å². The Morgan fingerprint density at radius 2 is 0.545 bits per heavy atom. The summed E-state index contributed by atoms with van der Waals surface area (Å²) in [6, 6.07) is 0. The summed E-state index contributed by atoms with van der Waals surface area (Å²) in [5.74, 6) is 0. The summed E-state index contributed by atoms with van der Waals surface area (Å²) in [7, 11) is 20.1. The van der Waals surface area contributed by atoms with Crippen molar-refractivity contribution in [3.63, 3.8) is 0 Å². The first-order valence-electron chi connectivity index (χ1n) is 0.756. The van der Waals surface area contributed by atoms with E-state index < -0.39 is 13.9 Å². The van der Waals surface area contributed by atoms with Crippen LogP contribution in [0, 0.1) is 0 Å². The van der Waals surface area contributed by atoms with Crippen LogP contribution in [0.25, 0.3) is 0 Å². The van der Waals surface area contributed by atoms with Crippen LogP contribution in [0.2, 0.25) is 0 Å². The first-order chi connectivity index (χ1) is 2.00. The monoisotopic (exact) mass is 386 g/mol. The Morgan fingerprint density at radius 3 is 0.545 bits per heavy atom. The summed E-state index contributed by atoms with van der Waals surface area (Å²) in [5, 5.41) is 0. The van der Waals surface area contributed by atoms with Gasteiger partial charge in [0.15, 0.2) is 0 Å². The molecular formula is H11Cl5O5Sn. The van der Waals surface area contributed by atoms with Crippen LogP contribution in [0.4, 0.5) is 0 Å². The normalized spacial score (nSPS) is 5.45. The predicted octanol–water partition coefficient (Wildman–Crippen LogP) is -1.32. The van der Waals surface area contributed by atoms with E-state index in [1.807, 2.05) is 0 Å². The molecule has 0 aromatic rings. The molecule has 0 radical (unpaired) electrons. The molecule has 0 saturated heterocycles. The second-order valence-corrected chi connectivity index (χ2v) is 25.9. The quantitative estimate of drug-likeness (QED) is 0.452. The zero-order valence-electron chi connectivity index (χ0n) is 4.92. The Balaban J connectivity index is -0.00000000533. The van der Waals surface area contributed by atoms with Gasteiger partial charge >= 0.3 is 49.6 Å². The van der Waals surface area contributed by atoms with Crippen molar-refractivity contribution >= 4 is 62.0 Å². The van der Waals surface area contributed by atoms with Crippen LogP contribution in [0.3, 0.4) is 0 Å². The molecule has 0 aliphatic heterocycles. The van der Waals surface area contributed by atoms with Gasteiger partial charge in [0.1, 0.15) is 0 Å². The first-order valence-corrected chi connectivity index (χ1v) is 15.2. The van der Waals surface area contributed by atoms with Crippen molar-refractivity contribution in [3.05, 3.63) is 0 Å². The number of halogens is 5. The summed E-state index contributed by atoms with van der Waals surface area (Å²) >= 11 is -3.29. The van der Waals surface area contributed by atoms with Gasteiger partial charge in [-0.05, 0) is 0 Å². The van der Waals surface area contributed by atoms with E-state index in [0.29, 0.717) is 0 Å². The van der Waals surface area contributed by atoms with Crippen LogP contribution in [0.1, 0.15) is 0 Å². The van der Waals surface area contributed by atoms with Gasteiger partial charge in [-0.15, -0.1) is 12.4 Å². The summed E-state index contributed by atoms with van der Waals surface area (Å²) in [6.45, 7) is 0. The standard InChI is InChI=1S/5ClH.5H2O.Sn/h5*1H;5*1H2;/q;;;;;;;;;;+4/p-4. The van der Waals surface area contributed by atoms with Crippen molar-refractivity contribution < 1.29 is 27.4 Å². The van der Waals surface area contributed by atoms with Crippen LogP contribution < -0.4 is 0 Å². The predicted molar refractivity (Wildman–Crippen MR) is 54.5 cm³/mol. The van der Waals surface area contributed by atoms with Gasteiger partial charge in [0.25, 0.3) is 0 Å². The Morgan fingerprint density at radius 1 is 0.545 bits per heavy atom. The number of rotatable bonds is 0. The molecular weight excluding hydrogens is 376 g/mol. The van der Waals surface area contributed by atoms with E-state index in [1.54, 1.807) is 0 Å². The molecule has 0 amide bonds. The Labute approximate surface area is 88.6 Å². The fraction of sp³-hybridized carbons (Fsp3) is 0. The molecule has 0 aliphatic rings. The Bertz CT molecular complexity index is 30.3. The molecule has 0 saturated carbocycles. The average Bonchev–Trinajstić information content (AvgIpc) is 0.722. The Hall–Kier alpha value is 2.05. The molecule has 0 bridgehead atoms. The second-order valence-electron chi connectivity index (χ2n) is 0.429. The fourth-order valence-corrected chi connectivity index (χ4v) is 0. The molecule has 0 unspecified atom stereocenters. The van der Waals surface area contributed by atoms with Crippen molar-refractivity contribution in [2.24, 2.45) is 0 Å². The van der Waals surface area contributed by atoms with E-state index in [9.17, 15) is 0 Å². The average molecular weight is 387 g/mol. The Kier molecular flexibility index (Phi) is 107. The van der Waals surface area contributed by atoms with Crippen molar-refractivity contribution in [1.82, 2.24) is 0 Å². The van der Waals surface area contributed by atoms with Gasteiger partial charge in [0.2, 0.25) is 0 Å². The van der Waals surface area contributed by atoms with Crippen LogP contribution in [-0.2, 0) is 0 Å². The van der Waals surface area contributed by atoms with Gasteiger partial charge in [-0.2, -0.15) is 0 Å². The molecule has 0 aromatic carbocycles. The maximum absolute atomic E-state index is 5.04. The zero-order chi connectivity index (χ0) is 4.50. The molecule has 0 atom stereocenters. The van der Waals surface area contributed by atoms with Gasteiger partial charge in [0.05, 0.1) is 0 Å². The molecule has 5 nitrogen and oxygen atoms in total. The van der Waals surface area contributed by atoms with Gasteiger partial charge in [-0.25, -0.2) is 0 Å². The third kappa shape index (κ3) is 290. The minimum atomic E-state index is -3.29. The molecule has 0 aromatic heterocycles.